The van der Waals surface area contributed by atoms with Crippen LogP contribution < -0.4 is 10.6 Å². The Morgan fingerprint density at radius 2 is 2.05 bits per heavy atom. The van der Waals surface area contributed by atoms with E-state index in [1.165, 1.54) is 0 Å². The molecule has 0 spiro atoms. The van der Waals surface area contributed by atoms with Gasteiger partial charge in [0.05, 0.1) is 11.3 Å². The van der Waals surface area contributed by atoms with E-state index in [-0.39, 0.29) is 11.8 Å². The number of nitrogens with one attached hydrogen (secondary N) is 2. The highest BCUT2D eigenvalue weighted by Crippen LogP contribution is 2.46. The van der Waals surface area contributed by atoms with Gasteiger partial charge >= 0.3 is 0 Å². The van der Waals surface area contributed by atoms with E-state index in [1.54, 1.807) is 31.4 Å². The highest BCUT2D eigenvalue weighted by molar-refractivity contribution is 6.13. The summed E-state index contributed by atoms with van der Waals surface area (Å²) in [5, 5.41) is 14.5. The van der Waals surface area contributed by atoms with Gasteiger partial charge in [0.25, 0.3) is 0 Å². The highest BCUT2D eigenvalue weighted by atomic mass is 16.5. The summed E-state index contributed by atoms with van der Waals surface area (Å²) < 4.78 is 4.92. The van der Waals surface area contributed by atoms with E-state index < -0.39 is 5.41 Å². The molecule has 0 aromatic heterocycles. The zero-order valence-electron chi connectivity index (χ0n) is 12.5. The van der Waals surface area contributed by atoms with Crippen molar-refractivity contribution < 1.29 is 14.3 Å². The van der Waals surface area contributed by atoms with Gasteiger partial charge in [0, 0.05) is 20.3 Å². The molecule has 2 amide bonds. The maximum Gasteiger partial charge on any atom is 0.240 e. The Kier molecular flexibility index (Phi) is 5.12. The lowest BCUT2D eigenvalue weighted by molar-refractivity contribution is -0.134. The van der Waals surface area contributed by atoms with Crippen LogP contribution in [-0.4, -0.2) is 32.1 Å². The second kappa shape index (κ2) is 7.05. The molecule has 0 saturated heterocycles. The Bertz CT molecular complexity index is 603. The van der Waals surface area contributed by atoms with Crippen LogP contribution in [0.1, 0.15) is 24.8 Å². The summed E-state index contributed by atoms with van der Waals surface area (Å²) >= 11 is 0. The Labute approximate surface area is 129 Å². The number of anilines is 1. The minimum Gasteiger partial charge on any atom is -0.385 e. The van der Waals surface area contributed by atoms with Gasteiger partial charge in [0.2, 0.25) is 11.8 Å². The topological polar surface area (TPSA) is 91.2 Å². The molecule has 1 saturated carbocycles. The fourth-order valence-electron chi connectivity index (χ4n) is 2.20. The lowest BCUT2D eigenvalue weighted by Gasteiger charge is -2.16. The van der Waals surface area contributed by atoms with Crippen molar-refractivity contribution in [3.8, 4) is 6.07 Å². The van der Waals surface area contributed by atoms with E-state index in [9.17, 15) is 9.59 Å². The Morgan fingerprint density at radius 3 is 2.68 bits per heavy atom. The van der Waals surface area contributed by atoms with Gasteiger partial charge in [-0.3, -0.25) is 9.59 Å². The average molecular weight is 301 g/mol. The molecule has 1 aliphatic rings. The van der Waals surface area contributed by atoms with Crippen LogP contribution >= 0.6 is 0 Å². The van der Waals surface area contributed by atoms with Crippen molar-refractivity contribution in [3.05, 3.63) is 29.8 Å². The number of para-hydroxylation sites is 1. The number of hydrogen-bond donors (Lipinski definition) is 2. The second-order valence-electron chi connectivity index (χ2n) is 5.30. The zero-order chi connectivity index (χ0) is 16.0. The summed E-state index contributed by atoms with van der Waals surface area (Å²) in [5.41, 5.74) is -0.170. The van der Waals surface area contributed by atoms with Gasteiger partial charge in [-0.2, -0.15) is 5.26 Å². The van der Waals surface area contributed by atoms with Crippen molar-refractivity contribution in [1.29, 1.82) is 5.26 Å². The van der Waals surface area contributed by atoms with Crippen molar-refractivity contribution in [2.75, 3.05) is 25.6 Å². The maximum absolute atomic E-state index is 12.4. The van der Waals surface area contributed by atoms with Crippen molar-refractivity contribution in [1.82, 2.24) is 5.32 Å². The number of hydrogen-bond acceptors (Lipinski definition) is 4. The van der Waals surface area contributed by atoms with E-state index in [1.807, 2.05) is 6.07 Å². The SMILES string of the molecule is COCCCNC(=O)C1(C(=O)Nc2ccccc2C#N)CC1. The van der Waals surface area contributed by atoms with Crippen LogP contribution in [0.4, 0.5) is 5.69 Å². The summed E-state index contributed by atoms with van der Waals surface area (Å²) in [6, 6.07) is 8.76. The fraction of sp³-hybridized carbons (Fsp3) is 0.438. The normalized spacial score (nSPS) is 14.7. The number of carbonyl (C=O) groups excluding carboxylic acids is 2. The third kappa shape index (κ3) is 3.43. The number of nitriles is 1. The largest absolute Gasteiger partial charge is 0.385 e. The number of methoxy groups -OCH3 is 1. The molecule has 0 bridgehead atoms. The van der Waals surface area contributed by atoms with E-state index in [0.29, 0.717) is 43.7 Å². The standard InChI is InChI=1S/C16H19N3O3/c1-22-10-4-9-18-14(20)16(7-8-16)15(21)19-13-6-3-2-5-12(13)11-17/h2-3,5-6H,4,7-10H2,1H3,(H,18,20)(H,19,21). The van der Waals surface area contributed by atoms with Gasteiger partial charge in [0.15, 0.2) is 0 Å². The highest BCUT2D eigenvalue weighted by Gasteiger charge is 2.56. The molecule has 6 heteroatoms. The minimum atomic E-state index is -0.990. The van der Waals surface area contributed by atoms with Gasteiger partial charge in [0.1, 0.15) is 11.5 Å². The predicted molar refractivity (Wildman–Crippen MR) is 81.0 cm³/mol. The first kappa shape index (κ1) is 16.0. The molecule has 0 radical (unpaired) electrons. The Balaban J connectivity index is 1.97. The maximum atomic E-state index is 12.4. The quantitative estimate of drug-likeness (QED) is 0.589. The summed E-state index contributed by atoms with van der Waals surface area (Å²) in [7, 11) is 1.60. The molecule has 116 valence electrons. The molecule has 6 nitrogen and oxygen atoms in total. The Hall–Kier alpha value is -2.39. The molecule has 1 fully saturated rings. The van der Waals surface area contributed by atoms with Gasteiger partial charge in [-0.25, -0.2) is 0 Å². The number of amides is 2. The lowest BCUT2D eigenvalue weighted by atomic mass is 10.0. The van der Waals surface area contributed by atoms with Crippen molar-refractivity contribution >= 4 is 17.5 Å². The third-order valence-corrected chi connectivity index (χ3v) is 3.73. The van der Waals surface area contributed by atoms with Crippen LogP contribution in [0.3, 0.4) is 0 Å². The summed E-state index contributed by atoms with van der Waals surface area (Å²) in [6.45, 7) is 1.05. The number of ether oxygens (including phenoxy) is 1. The van der Waals surface area contributed by atoms with Gasteiger partial charge in [-0.1, -0.05) is 12.1 Å². The van der Waals surface area contributed by atoms with E-state index in [4.69, 9.17) is 10.00 Å². The molecule has 0 atom stereocenters. The monoisotopic (exact) mass is 301 g/mol. The molecular weight excluding hydrogens is 282 g/mol. The molecular formula is C16H19N3O3. The van der Waals surface area contributed by atoms with Gasteiger partial charge in [-0.05, 0) is 31.4 Å². The summed E-state index contributed by atoms with van der Waals surface area (Å²) in [6.07, 6.45) is 1.77. The number of nitrogens with zero attached hydrogens (tertiary/aromatic N) is 1. The van der Waals surface area contributed by atoms with Crippen molar-refractivity contribution in [3.63, 3.8) is 0 Å². The molecule has 0 unspecified atom stereocenters. The van der Waals surface area contributed by atoms with Crippen molar-refractivity contribution in [2.45, 2.75) is 19.3 Å². The Morgan fingerprint density at radius 1 is 1.32 bits per heavy atom. The first-order chi connectivity index (χ1) is 10.6. The fourth-order valence-corrected chi connectivity index (χ4v) is 2.20. The van der Waals surface area contributed by atoms with Crippen LogP contribution in [0, 0.1) is 16.7 Å². The minimum absolute atomic E-state index is 0.254. The molecule has 0 heterocycles. The van der Waals surface area contributed by atoms with Crippen LogP contribution in [0.2, 0.25) is 0 Å². The van der Waals surface area contributed by atoms with E-state index >= 15 is 0 Å². The molecule has 22 heavy (non-hydrogen) atoms. The smallest absolute Gasteiger partial charge is 0.240 e. The molecule has 0 aliphatic heterocycles. The van der Waals surface area contributed by atoms with E-state index in [2.05, 4.69) is 10.6 Å². The molecule has 1 aromatic carbocycles. The number of benzene rings is 1. The summed E-state index contributed by atoms with van der Waals surface area (Å²) in [4.78, 5) is 24.6. The molecule has 2 N–H and O–H groups in total. The van der Waals surface area contributed by atoms with Crippen molar-refractivity contribution in [2.24, 2.45) is 5.41 Å². The van der Waals surface area contributed by atoms with E-state index in [0.717, 1.165) is 0 Å². The zero-order valence-corrected chi connectivity index (χ0v) is 12.5. The number of carbonyl (C=O) groups is 2. The number of rotatable bonds is 7. The molecule has 1 aromatic rings. The second-order valence-corrected chi connectivity index (χ2v) is 5.30. The predicted octanol–water partition coefficient (Wildman–Crippen LogP) is 1.43. The van der Waals surface area contributed by atoms with Crippen LogP contribution in [-0.2, 0) is 14.3 Å². The third-order valence-electron chi connectivity index (χ3n) is 3.73. The first-order valence-electron chi connectivity index (χ1n) is 7.22. The van der Waals surface area contributed by atoms with Gasteiger partial charge < -0.3 is 15.4 Å². The lowest BCUT2D eigenvalue weighted by Crippen LogP contribution is -2.40. The first-order valence-corrected chi connectivity index (χ1v) is 7.22. The summed E-state index contributed by atoms with van der Waals surface area (Å²) in [5.74, 6) is -0.602. The molecule has 2 rings (SSSR count). The van der Waals surface area contributed by atoms with Crippen LogP contribution in [0.5, 0.6) is 0 Å². The molecule has 1 aliphatic carbocycles. The van der Waals surface area contributed by atoms with Crippen LogP contribution in [0.25, 0.3) is 0 Å². The van der Waals surface area contributed by atoms with Crippen LogP contribution in [0.15, 0.2) is 24.3 Å². The van der Waals surface area contributed by atoms with Gasteiger partial charge in [-0.15, -0.1) is 0 Å². The average Bonchev–Trinajstić information content (AvgIpc) is 3.34.